The highest BCUT2D eigenvalue weighted by Crippen LogP contribution is 2.32. The Bertz CT molecular complexity index is 422. The maximum absolute atomic E-state index is 11.9. The fourth-order valence-electron chi connectivity index (χ4n) is 2.55. The fourth-order valence-corrected chi connectivity index (χ4v) is 2.96. The molecule has 0 saturated heterocycles. The molecule has 0 spiro atoms. The first kappa shape index (κ1) is 15.3. The molecule has 102 valence electrons. The van der Waals surface area contributed by atoms with Crippen molar-refractivity contribution < 1.29 is 0 Å². The molecule has 0 N–H and O–H groups in total. The van der Waals surface area contributed by atoms with E-state index in [1.165, 1.54) is 0 Å². The molecule has 0 bridgehead atoms. The van der Waals surface area contributed by atoms with Crippen LogP contribution in [0.5, 0.6) is 0 Å². The summed E-state index contributed by atoms with van der Waals surface area (Å²) in [5, 5.41) is 0. The Balaban J connectivity index is 2.98. The van der Waals surface area contributed by atoms with E-state index in [2.05, 4.69) is 31.5 Å². The van der Waals surface area contributed by atoms with E-state index < -0.39 is 0 Å². The highest BCUT2D eigenvalue weighted by molar-refractivity contribution is 7.80. The van der Waals surface area contributed by atoms with Crippen LogP contribution in [-0.4, -0.2) is 15.3 Å². The standard InChI is InChI=1S/C14H24N2OS/c1-4-6-14(10-18,7-5-2)9-16-11-15-12(3)8-13(16)17/h8,11,18H,4-7,9-10H2,1-3H3. The number of thiol groups is 1. The molecule has 1 aromatic rings. The third-order valence-corrected chi connectivity index (χ3v) is 4.09. The third-order valence-electron chi connectivity index (χ3n) is 3.42. The largest absolute Gasteiger partial charge is 0.299 e. The molecule has 1 rings (SSSR count). The average Bonchev–Trinajstić information content (AvgIpc) is 2.33. The van der Waals surface area contributed by atoms with Crippen molar-refractivity contribution in [2.75, 3.05) is 5.75 Å². The van der Waals surface area contributed by atoms with E-state index in [9.17, 15) is 4.79 Å². The molecule has 18 heavy (non-hydrogen) atoms. The number of hydrogen-bond donors (Lipinski definition) is 1. The van der Waals surface area contributed by atoms with Crippen LogP contribution in [0.4, 0.5) is 0 Å². The van der Waals surface area contributed by atoms with Crippen LogP contribution in [0.15, 0.2) is 17.2 Å². The van der Waals surface area contributed by atoms with Crippen molar-refractivity contribution in [3.05, 3.63) is 28.4 Å². The molecule has 0 fully saturated rings. The van der Waals surface area contributed by atoms with Gasteiger partial charge in [-0.2, -0.15) is 12.6 Å². The summed E-state index contributed by atoms with van der Waals surface area (Å²) in [6, 6.07) is 1.60. The number of aryl methyl sites for hydroxylation is 1. The van der Waals surface area contributed by atoms with Crippen LogP contribution in [0, 0.1) is 12.3 Å². The van der Waals surface area contributed by atoms with Crippen molar-refractivity contribution in [1.82, 2.24) is 9.55 Å². The van der Waals surface area contributed by atoms with E-state index in [0.717, 1.165) is 43.7 Å². The van der Waals surface area contributed by atoms with E-state index in [4.69, 9.17) is 0 Å². The zero-order chi connectivity index (χ0) is 13.6. The van der Waals surface area contributed by atoms with Gasteiger partial charge in [0.25, 0.3) is 5.56 Å². The molecule has 0 aliphatic heterocycles. The van der Waals surface area contributed by atoms with Crippen molar-refractivity contribution in [3.63, 3.8) is 0 Å². The normalized spacial score (nSPS) is 11.8. The Kier molecular flexibility index (Phi) is 5.93. The number of aromatic nitrogens is 2. The lowest BCUT2D eigenvalue weighted by Gasteiger charge is -2.32. The molecule has 0 saturated carbocycles. The Morgan fingerprint density at radius 2 is 1.94 bits per heavy atom. The first-order chi connectivity index (χ1) is 8.56. The monoisotopic (exact) mass is 268 g/mol. The maximum Gasteiger partial charge on any atom is 0.253 e. The minimum atomic E-state index is 0.0425. The van der Waals surface area contributed by atoms with Gasteiger partial charge in [-0.15, -0.1) is 0 Å². The van der Waals surface area contributed by atoms with Gasteiger partial charge in [0.05, 0.1) is 6.33 Å². The first-order valence-electron chi connectivity index (χ1n) is 6.71. The van der Waals surface area contributed by atoms with Gasteiger partial charge in [0.2, 0.25) is 0 Å². The van der Waals surface area contributed by atoms with Gasteiger partial charge in [0.1, 0.15) is 0 Å². The summed E-state index contributed by atoms with van der Waals surface area (Å²) in [7, 11) is 0. The molecule has 0 aromatic carbocycles. The molecule has 1 heterocycles. The fraction of sp³-hybridized carbons (Fsp3) is 0.714. The molecule has 3 nitrogen and oxygen atoms in total. The number of rotatable bonds is 7. The summed E-state index contributed by atoms with van der Waals surface area (Å²) in [6.45, 7) is 6.94. The zero-order valence-corrected chi connectivity index (χ0v) is 12.5. The minimum absolute atomic E-state index is 0.0425. The molecule has 4 heteroatoms. The van der Waals surface area contributed by atoms with Crippen LogP contribution < -0.4 is 5.56 Å². The molecule has 0 atom stereocenters. The van der Waals surface area contributed by atoms with Crippen molar-refractivity contribution in [1.29, 1.82) is 0 Å². The predicted octanol–water partition coefficient (Wildman–Crippen LogP) is 3.07. The van der Waals surface area contributed by atoms with Crippen LogP contribution in [0.3, 0.4) is 0 Å². The summed E-state index contributed by atoms with van der Waals surface area (Å²) in [5.41, 5.74) is 0.937. The van der Waals surface area contributed by atoms with Crippen molar-refractivity contribution >= 4 is 12.6 Å². The highest BCUT2D eigenvalue weighted by Gasteiger charge is 2.27. The Labute approximate surface area is 115 Å². The van der Waals surface area contributed by atoms with E-state index in [1.54, 1.807) is 17.0 Å². The quantitative estimate of drug-likeness (QED) is 0.771. The Hall–Kier alpha value is -0.770. The van der Waals surface area contributed by atoms with Crippen LogP contribution in [-0.2, 0) is 6.54 Å². The lowest BCUT2D eigenvalue weighted by atomic mass is 9.81. The Morgan fingerprint density at radius 1 is 1.33 bits per heavy atom. The molecule has 0 aliphatic carbocycles. The van der Waals surface area contributed by atoms with Crippen molar-refractivity contribution in [2.24, 2.45) is 5.41 Å². The van der Waals surface area contributed by atoms with Gasteiger partial charge in [-0.25, -0.2) is 4.98 Å². The summed E-state index contributed by atoms with van der Waals surface area (Å²) >= 11 is 4.52. The number of nitrogens with zero attached hydrogens (tertiary/aromatic N) is 2. The molecule has 0 aliphatic rings. The van der Waals surface area contributed by atoms with E-state index in [1.807, 2.05) is 6.92 Å². The van der Waals surface area contributed by atoms with Crippen LogP contribution >= 0.6 is 12.6 Å². The summed E-state index contributed by atoms with van der Waals surface area (Å²) in [6.07, 6.45) is 6.11. The SMILES string of the molecule is CCCC(CS)(CCC)Cn1cnc(C)cc1=O. The van der Waals surface area contributed by atoms with Gasteiger partial charge in [0, 0.05) is 18.3 Å². The number of hydrogen-bond acceptors (Lipinski definition) is 3. The van der Waals surface area contributed by atoms with Gasteiger partial charge in [-0.3, -0.25) is 9.36 Å². The maximum atomic E-state index is 11.9. The molecule has 1 aromatic heterocycles. The van der Waals surface area contributed by atoms with Gasteiger partial charge in [-0.05, 0) is 30.9 Å². The molecule has 0 amide bonds. The zero-order valence-electron chi connectivity index (χ0n) is 11.6. The van der Waals surface area contributed by atoms with Gasteiger partial charge in [-0.1, -0.05) is 26.7 Å². The Morgan fingerprint density at radius 3 is 2.39 bits per heavy atom. The van der Waals surface area contributed by atoms with E-state index in [0.29, 0.717) is 0 Å². The van der Waals surface area contributed by atoms with Gasteiger partial charge < -0.3 is 0 Å². The molecular formula is C14H24N2OS. The molecule has 0 radical (unpaired) electrons. The topological polar surface area (TPSA) is 34.9 Å². The minimum Gasteiger partial charge on any atom is -0.299 e. The lowest BCUT2D eigenvalue weighted by molar-refractivity contribution is 0.228. The third kappa shape index (κ3) is 3.87. The summed E-state index contributed by atoms with van der Waals surface area (Å²) < 4.78 is 1.73. The summed E-state index contributed by atoms with van der Waals surface area (Å²) in [4.78, 5) is 16.2. The van der Waals surface area contributed by atoms with Gasteiger partial charge in [0.15, 0.2) is 0 Å². The van der Waals surface area contributed by atoms with Crippen LogP contribution in [0.2, 0.25) is 0 Å². The van der Waals surface area contributed by atoms with Crippen molar-refractivity contribution in [2.45, 2.75) is 53.0 Å². The van der Waals surface area contributed by atoms with Gasteiger partial charge >= 0.3 is 0 Å². The first-order valence-corrected chi connectivity index (χ1v) is 7.34. The highest BCUT2D eigenvalue weighted by atomic mass is 32.1. The molecular weight excluding hydrogens is 244 g/mol. The second-order valence-corrected chi connectivity index (χ2v) is 5.47. The van der Waals surface area contributed by atoms with E-state index in [-0.39, 0.29) is 11.0 Å². The summed E-state index contributed by atoms with van der Waals surface area (Å²) in [5.74, 6) is 0.814. The second-order valence-electron chi connectivity index (χ2n) is 5.15. The van der Waals surface area contributed by atoms with Crippen LogP contribution in [0.25, 0.3) is 0 Å². The average molecular weight is 268 g/mol. The smallest absolute Gasteiger partial charge is 0.253 e. The lowest BCUT2D eigenvalue weighted by Crippen LogP contribution is -2.34. The molecule has 0 unspecified atom stereocenters. The van der Waals surface area contributed by atoms with Crippen molar-refractivity contribution in [3.8, 4) is 0 Å². The predicted molar refractivity (Wildman–Crippen MR) is 79.3 cm³/mol. The van der Waals surface area contributed by atoms with E-state index >= 15 is 0 Å². The van der Waals surface area contributed by atoms with Crippen LogP contribution in [0.1, 0.15) is 45.2 Å². The second kappa shape index (κ2) is 6.98.